The molecule has 0 aliphatic carbocycles. The predicted molar refractivity (Wildman–Crippen MR) is 166 cm³/mol. The van der Waals surface area contributed by atoms with Crippen LogP contribution in [0.1, 0.15) is 24.1 Å². The van der Waals surface area contributed by atoms with Gasteiger partial charge in [-0.1, -0.05) is 49.0 Å². The fraction of sp³-hybridized carbons (Fsp3) is 0.143. The van der Waals surface area contributed by atoms with Crippen LogP contribution in [0.25, 0.3) is 11.5 Å². The summed E-state index contributed by atoms with van der Waals surface area (Å²) in [6.07, 6.45) is 8.15. The van der Waals surface area contributed by atoms with E-state index in [-0.39, 0.29) is 23.6 Å². The number of ether oxygens (including phenoxy) is 1. The zero-order chi connectivity index (χ0) is 30.0. The largest absolute Gasteiger partial charge is 0.441 e. The Bertz CT molecular complexity index is 1600. The molecule has 0 radical (unpaired) electrons. The summed E-state index contributed by atoms with van der Waals surface area (Å²) in [7, 11) is -1.65. The zero-order valence-electron chi connectivity index (χ0n) is 22.7. The van der Waals surface area contributed by atoms with Gasteiger partial charge in [0.2, 0.25) is 5.90 Å². The number of benzene rings is 1. The number of hydrazone groups is 2. The Morgan fingerprint density at radius 2 is 1.83 bits per heavy atom. The number of amidine groups is 1. The van der Waals surface area contributed by atoms with Crippen molar-refractivity contribution in [3.05, 3.63) is 103 Å². The minimum absolute atomic E-state index is 0.0858. The highest BCUT2D eigenvalue weighted by atomic mass is 35.5. The average Bonchev–Trinajstić information content (AvgIpc) is 2.98. The van der Waals surface area contributed by atoms with Crippen LogP contribution in [0.2, 0.25) is 5.02 Å². The quantitative estimate of drug-likeness (QED) is 0.0718. The van der Waals surface area contributed by atoms with Crippen molar-refractivity contribution in [2.24, 2.45) is 21.9 Å². The molecule has 2 aromatic heterocycles. The summed E-state index contributed by atoms with van der Waals surface area (Å²) in [6, 6.07) is 13.7. The van der Waals surface area contributed by atoms with Crippen LogP contribution in [0, 0.1) is 0 Å². The number of para-hydroxylation sites is 1. The molecule has 41 heavy (non-hydrogen) atoms. The molecule has 0 aliphatic rings. The van der Waals surface area contributed by atoms with Crippen LogP contribution in [-0.2, 0) is 14.6 Å². The van der Waals surface area contributed by atoms with Gasteiger partial charge in [-0.05, 0) is 36.4 Å². The highest BCUT2D eigenvalue weighted by Gasteiger charge is 2.21. The first kappa shape index (κ1) is 30.9. The fourth-order valence-electron chi connectivity index (χ4n) is 3.60. The van der Waals surface area contributed by atoms with Crippen molar-refractivity contribution in [3.63, 3.8) is 0 Å². The van der Waals surface area contributed by atoms with E-state index in [1.807, 2.05) is 12.1 Å². The molecule has 0 saturated carbocycles. The molecule has 3 aromatic rings. The van der Waals surface area contributed by atoms with E-state index in [1.165, 1.54) is 12.3 Å². The smallest absolute Gasteiger partial charge is 0.215 e. The summed E-state index contributed by atoms with van der Waals surface area (Å²) in [5, 5.41) is 11.1. The maximum atomic E-state index is 11.9. The van der Waals surface area contributed by atoms with Gasteiger partial charge in [-0.25, -0.2) is 13.4 Å². The number of hydrogen-bond acceptors (Lipinski definition) is 10. The molecule has 214 valence electrons. The van der Waals surface area contributed by atoms with Crippen LogP contribution in [0.3, 0.4) is 0 Å². The standard InChI is InChI=1S/C28H31ClN8O3S/c1-19(24-14-13-22(18-34-24)41(4,38)39)37(25-10-6-5-9-23(25)29)27(35-30)11-7-8-12-28(36-31)40-20(2)21-15-16-33-26(17-21)32-3/h5-10,13-18H,1-2,11-12,30-31H2,3-4H3,(H,32,33)/b8-7+,35-27-,36-28-. The Hall–Kier alpha value is -4.68. The highest BCUT2D eigenvalue weighted by molar-refractivity contribution is 7.90. The van der Waals surface area contributed by atoms with Crippen molar-refractivity contribution in [2.75, 3.05) is 23.5 Å². The third-order valence-corrected chi connectivity index (χ3v) is 7.13. The molecular weight excluding hydrogens is 564 g/mol. The van der Waals surface area contributed by atoms with Crippen LogP contribution < -0.4 is 21.9 Å². The molecule has 0 atom stereocenters. The van der Waals surface area contributed by atoms with Crippen LogP contribution in [0.15, 0.2) is 101 Å². The second-order valence-electron chi connectivity index (χ2n) is 8.54. The summed E-state index contributed by atoms with van der Waals surface area (Å²) in [5.41, 5.74) is 2.08. The van der Waals surface area contributed by atoms with Crippen LogP contribution in [0.4, 0.5) is 11.5 Å². The van der Waals surface area contributed by atoms with E-state index in [2.05, 4.69) is 38.6 Å². The Labute approximate surface area is 244 Å². The van der Waals surface area contributed by atoms with E-state index < -0.39 is 9.84 Å². The molecule has 5 N–H and O–H groups in total. The number of nitrogens with zero attached hydrogens (tertiary/aromatic N) is 5. The number of nitrogens with one attached hydrogen (secondary N) is 1. The minimum Gasteiger partial charge on any atom is -0.441 e. The van der Waals surface area contributed by atoms with E-state index in [9.17, 15) is 8.42 Å². The first-order valence-corrected chi connectivity index (χ1v) is 14.5. The maximum Gasteiger partial charge on any atom is 0.215 e. The molecular formula is C28H31ClN8O3S. The molecule has 0 fully saturated rings. The molecule has 0 unspecified atom stereocenters. The number of pyridine rings is 2. The van der Waals surface area contributed by atoms with E-state index in [0.29, 0.717) is 39.5 Å². The number of aromatic nitrogens is 2. The topological polar surface area (TPSA) is 161 Å². The highest BCUT2D eigenvalue weighted by Crippen LogP contribution is 2.32. The molecule has 0 spiro atoms. The lowest BCUT2D eigenvalue weighted by atomic mass is 10.2. The van der Waals surface area contributed by atoms with Gasteiger partial charge in [0.15, 0.2) is 9.84 Å². The Morgan fingerprint density at radius 3 is 2.44 bits per heavy atom. The first-order valence-electron chi connectivity index (χ1n) is 12.2. The number of sulfone groups is 1. The van der Waals surface area contributed by atoms with E-state index >= 15 is 0 Å². The second-order valence-corrected chi connectivity index (χ2v) is 11.0. The summed E-state index contributed by atoms with van der Waals surface area (Å²) >= 11 is 6.52. The summed E-state index contributed by atoms with van der Waals surface area (Å²) in [5.74, 6) is 13.0. The van der Waals surface area contributed by atoms with Gasteiger partial charge in [0.1, 0.15) is 17.4 Å². The van der Waals surface area contributed by atoms with Gasteiger partial charge in [-0.2, -0.15) is 5.10 Å². The Kier molecular flexibility index (Phi) is 10.6. The van der Waals surface area contributed by atoms with Crippen molar-refractivity contribution in [1.29, 1.82) is 0 Å². The number of rotatable bonds is 11. The molecule has 13 heteroatoms. The van der Waals surface area contributed by atoms with Crippen molar-refractivity contribution >= 4 is 56.1 Å². The monoisotopic (exact) mass is 594 g/mol. The fourth-order valence-corrected chi connectivity index (χ4v) is 4.38. The van der Waals surface area contributed by atoms with E-state index in [1.54, 1.807) is 60.6 Å². The lowest BCUT2D eigenvalue weighted by Gasteiger charge is -2.28. The third-order valence-electron chi connectivity index (χ3n) is 5.71. The second kappa shape index (κ2) is 14.1. The lowest BCUT2D eigenvalue weighted by molar-refractivity contribution is 0.495. The van der Waals surface area contributed by atoms with Gasteiger partial charge in [0, 0.05) is 44.1 Å². The van der Waals surface area contributed by atoms with Crippen molar-refractivity contribution < 1.29 is 13.2 Å². The number of nitrogens with two attached hydrogens (primary N) is 2. The Morgan fingerprint density at radius 1 is 1.10 bits per heavy atom. The molecule has 2 heterocycles. The van der Waals surface area contributed by atoms with E-state index in [4.69, 9.17) is 28.0 Å². The van der Waals surface area contributed by atoms with Crippen LogP contribution >= 0.6 is 11.6 Å². The lowest BCUT2D eigenvalue weighted by Crippen LogP contribution is -2.30. The zero-order valence-corrected chi connectivity index (χ0v) is 24.2. The van der Waals surface area contributed by atoms with E-state index in [0.717, 1.165) is 11.8 Å². The average molecular weight is 595 g/mol. The molecule has 0 bridgehead atoms. The first-order chi connectivity index (χ1) is 19.6. The van der Waals surface area contributed by atoms with Crippen molar-refractivity contribution in [3.8, 4) is 0 Å². The van der Waals surface area contributed by atoms with Gasteiger partial charge < -0.3 is 21.7 Å². The normalized spacial score (nSPS) is 12.3. The Balaban J connectivity index is 1.78. The van der Waals surface area contributed by atoms with Crippen LogP contribution in [-0.4, -0.2) is 43.4 Å². The molecule has 11 nitrogen and oxygen atoms in total. The molecule has 0 amide bonds. The minimum atomic E-state index is -3.42. The molecule has 0 saturated heterocycles. The van der Waals surface area contributed by atoms with Gasteiger partial charge in [-0.3, -0.25) is 9.88 Å². The molecule has 0 aliphatic heterocycles. The molecule has 1 aromatic carbocycles. The number of anilines is 2. The summed E-state index contributed by atoms with van der Waals surface area (Å²) in [4.78, 5) is 10.2. The van der Waals surface area contributed by atoms with Crippen LogP contribution in [0.5, 0.6) is 0 Å². The summed E-state index contributed by atoms with van der Waals surface area (Å²) in [6.45, 7) is 8.12. The van der Waals surface area contributed by atoms with Crippen molar-refractivity contribution in [1.82, 2.24) is 9.97 Å². The third kappa shape index (κ3) is 8.16. The van der Waals surface area contributed by atoms with Gasteiger partial charge >= 0.3 is 0 Å². The number of halogens is 1. The van der Waals surface area contributed by atoms with Crippen molar-refractivity contribution in [2.45, 2.75) is 17.7 Å². The maximum absolute atomic E-state index is 11.9. The van der Waals surface area contributed by atoms with Gasteiger partial charge in [0.05, 0.1) is 27.0 Å². The molecule has 3 rings (SSSR count). The predicted octanol–water partition coefficient (Wildman–Crippen LogP) is 4.62. The van der Waals surface area contributed by atoms with Gasteiger partial charge in [0.25, 0.3) is 0 Å². The van der Waals surface area contributed by atoms with Gasteiger partial charge in [-0.15, -0.1) is 5.10 Å². The summed E-state index contributed by atoms with van der Waals surface area (Å²) < 4.78 is 29.5. The number of hydrogen-bond donors (Lipinski definition) is 3. The SMILES string of the molecule is C=C(O/C(C/C=C/C/C(=N/N)N(C(=C)c1ccc(S(C)(=O)=O)cn1)c1ccccc1Cl)=N\N)c1ccnc(NC)c1.